The second-order valence-electron chi connectivity index (χ2n) is 6.55. The lowest BCUT2D eigenvalue weighted by atomic mass is 10.1. The van der Waals surface area contributed by atoms with Crippen LogP contribution in [0.5, 0.6) is 0 Å². The largest absolute Gasteiger partial charge is 0.364 e. The Morgan fingerprint density at radius 3 is 2.63 bits per heavy atom. The van der Waals surface area contributed by atoms with Gasteiger partial charge < -0.3 is 9.42 Å². The number of hydrogen-bond donors (Lipinski definition) is 0. The number of imidazole rings is 1. The zero-order valence-corrected chi connectivity index (χ0v) is 15.5. The van der Waals surface area contributed by atoms with Gasteiger partial charge in [-0.2, -0.15) is 0 Å². The van der Waals surface area contributed by atoms with Crippen LogP contribution in [-0.2, 0) is 0 Å². The molecule has 0 N–H and O–H groups in total. The van der Waals surface area contributed by atoms with Gasteiger partial charge in [0.2, 0.25) is 0 Å². The fourth-order valence-electron chi connectivity index (χ4n) is 3.25. The van der Waals surface area contributed by atoms with Gasteiger partial charge in [-0.15, -0.1) is 0 Å². The Balaban J connectivity index is 1.69. The quantitative estimate of drug-likeness (QED) is 0.548. The molecule has 0 fully saturated rings. The number of carbonyl (C=O) groups excluding carboxylic acids is 1. The van der Waals surface area contributed by atoms with Crippen molar-refractivity contribution < 1.29 is 9.32 Å². The van der Waals surface area contributed by atoms with Gasteiger partial charge >= 0.3 is 0 Å². The van der Waals surface area contributed by atoms with Crippen LogP contribution in [0.2, 0.25) is 0 Å². The van der Waals surface area contributed by atoms with Gasteiger partial charge in [0.15, 0.2) is 0 Å². The summed E-state index contributed by atoms with van der Waals surface area (Å²) in [6, 6.07) is 17.3. The molecule has 0 saturated heterocycles. The van der Waals surface area contributed by atoms with Crippen molar-refractivity contribution in [2.45, 2.75) is 19.9 Å². The topological polar surface area (TPSA) is 64.2 Å². The fraction of sp³-hybridized carbons (Fsp3) is 0.190. The number of aromatic nitrogens is 3. The number of nitrogens with zero attached hydrogens (tertiary/aromatic N) is 4. The summed E-state index contributed by atoms with van der Waals surface area (Å²) in [5.41, 5.74) is 4.13. The number of carbonyl (C=O) groups is 1. The van der Waals surface area contributed by atoms with Gasteiger partial charge in [-0.05, 0) is 44.2 Å². The Bertz CT molecular complexity index is 1080. The molecule has 6 heteroatoms. The first-order valence-corrected chi connectivity index (χ1v) is 8.78. The summed E-state index contributed by atoms with van der Waals surface area (Å²) >= 11 is 0. The van der Waals surface area contributed by atoms with E-state index in [1.54, 1.807) is 18.0 Å². The average Bonchev–Trinajstić information content (AvgIpc) is 3.33. The van der Waals surface area contributed by atoms with Crippen LogP contribution in [0.1, 0.15) is 34.8 Å². The first kappa shape index (κ1) is 17.0. The highest BCUT2D eigenvalue weighted by Crippen LogP contribution is 2.24. The molecule has 0 radical (unpaired) electrons. The van der Waals surface area contributed by atoms with Crippen molar-refractivity contribution in [3.63, 3.8) is 0 Å². The van der Waals surface area contributed by atoms with E-state index in [4.69, 9.17) is 4.52 Å². The van der Waals surface area contributed by atoms with Gasteiger partial charge in [0.25, 0.3) is 5.91 Å². The number of amides is 1. The van der Waals surface area contributed by atoms with Crippen LogP contribution in [0, 0.1) is 6.92 Å². The van der Waals surface area contributed by atoms with Gasteiger partial charge in [0.1, 0.15) is 17.8 Å². The molecule has 0 aliphatic carbocycles. The number of benzene rings is 2. The van der Waals surface area contributed by atoms with Gasteiger partial charge in [-0.3, -0.25) is 9.36 Å². The molecule has 0 bridgehead atoms. The Morgan fingerprint density at radius 2 is 1.93 bits per heavy atom. The smallest absolute Gasteiger partial charge is 0.254 e. The summed E-state index contributed by atoms with van der Waals surface area (Å²) in [6.45, 7) is 3.88. The van der Waals surface area contributed by atoms with Crippen LogP contribution in [0.15, 0.2) is 65.4 Å². The highest BCUT2D eigenvalue weighted by molar-refractivity contribution is 5.97. The van der Waals surface area contributed by atoms with E-state index < -0.39 is 0 Å². The van der Waals surface area contributed by atoms with Crippen LogP contribution in [-0.4, -0.2) is 32.6 Å². The van der Waals surface area contributed by atoms with Crippen LogP contribution in [0.4, 0.5) is 0 Å². The zero-order chi connectivity index (χ0) is 19.0. The molecule has 0 saturated carbocycles. The van der Waals surface area contributed by atoms with Crippen molar-refractivity contribution in [3.8, 4) is 5.69 Å². The van der Waals surface area contributed by atoms with Crippen molar-refractivity contribution in [3.05, 3.63) is 77.9 Å². The molecular formula is C21H20N4O2. The van der Waals surface area contributed by atoms with E-state index in [9.17, 15) is 4.79 Å². The fourth-order valence-corrected chi connectivity index (χ4v) is 3.25. The number of para-hydroxylation sites is 1. The lowest BCUT2D eigenvalue weighted by Crippen LogP contribution is -2.29. The molecule has 4 aromatic rings. The molecule has 1 atom stereocenters. The standard InChI is InChI=1S/C21H20N4O2/c1-14(18-11-12-27-23-18)24(3)21(26)16-9-10-20-19(13-16)22-15(2)25(20)17-7-5-4-6-8-17/h4-14H,1-3H3/t14-/m0/s1. The Morgan fingerprint density at radius 1 is 1.15 bits per heavy atom. The van der Waals surface area contributed by atoms with E-state index in [0.29, 0.717) is 5.56 Å². The molecule has 1 amide bonds. The minimum atomic E-state index is -0.185. The summed E-state index contributed by atoms with van der Waals surface area (Å²) in [5, 5.41) is 3.93. The molecule has 0 spiro atoms. The van der Waals surface area contributed by atoms with E-state index in [2.05, 4.69) is 14.7 Å². The second kappa shape index (κ2) is 6.72. The lowest BCUT2D eigenvalue weighted by molar-refractivity contribution is 0.0737. The first-order valence-electron chi connectivity index (χ1n) is 8.78. The molecule has 2 aromatic carbocycles. The first-order chi connectivity index (χ1) is 13.1. The van der Waals surface area contributed by atoms with Crippen LogP contribution in [0.3, 0.4) is 0 Å². The zero-order valence-electron chi connectivity index (χ0n) is 15.5. The van der Waals surface area contributed by atoms with Gasteiger partial charge in [0, 0.05) is 24.4 Å². The van der Waals surface area contributed by atoms with Crippen LogP contribution < -0.4 is 0 Å². The number of fused-ring (bicyclic) bond motifs is 1. The monoisotopic (exact) mass is 360 g/mol. The summed E-state index contributed by atoms with van der Waals surface area (Å²) in [7, 11) is 1.76. The third kappa shape index (κ3) is 2.99. The molecule has 4 rings (SSSR count). The van der Waals surface area contributed by atoms with Crippen LogP contribution >= 0.6 is 0 Å². The maximum Gasteiger partial charge on any atom is 0.254 e. The third-order valence-corrected chi connectivity index (χ3v) is 4.87. The van der Waals surface area contributed by atoms with Crippen molar-refractivity contribution in [2.24, 2.45) is 0 Å². The molecular weight excluding hydrogens is 340 g/mol. The number of rotatable bonds is 4. The molecule has 0 unspecified atom stereocenters. The summed E-state index contributed by atoms with van der Waals surface area (Å²) in [4.78, 5) is 19.2. The van der Waals surface area contributed by atoms with E-state index in [1.807, 2.05) is 62.4 Å². The Kier molecular flexibility index (Phi) is 4.24. The van der Waals surface area contributed by atoms with Crippen molar-refractivity contribution in [1.29, 1.82) is 0 Å². The second-order valence-corrected chi connectivity index (χ2v) is 6.55. The number of aryl methyl sites for hydroxylation is 1. The molecule has 2 heterocycles. The number of hydrogen-bond acceptors (Lipinski definition) is 4. The van der Waals surface area contributed by atoms with Gasteiger partial charge in [-0.1, -0.05) is 23.4 Å². The average molecular weight is 360 g/mol. The van der Waals surface area contributed by atoms with E-state index in [0.717, 1.165) is 28.2 Å². The molecule has 0 aliphatic heterocycles. The predicted octanol–water partition coefficient (Wildman–Crippen LogP) is 4.16. The summed E-state index contributed by atoms with van der Waals surface area (Å²) in [5.74, 6) is 0.796. The van der Waals surface area contributed by atoms with Crippen LogP contribution in [0.25, 0.3) is 16.7 Å². The maximum absolute atomic E-state index is 12.9. The third-order valence-electron chi connectivity index (χ3n) is 4.87. The Labute approximate surface area is 157 Å². The lowest BCUT2D eigenvalue weighted by Gasteiger charge is -2.23. The van der Waals surface area contributed by atoms with Crippen molar-refractivity contribution >= 4 is 16.9 Å². The normalized spacial score (nSPS) is 12.3. The summed E-state index contributed by atoms with van der Waals surface area (Å²) < 4.78 is 6.97. The van der Waals surface area contributed by atoms with E-state index in [1.165, 1.54) is 6.26 Å². The minimum absolute atomic E-state index is 0.0840. The molecule has 0 aliphatic rings. The van der Waals surface area contributed by atoms with E-state index >= 15 is 0 Å². The molecule has 2 aromatic heterocycles. The highest BCUT2D eigenvalue weighted by atomic mass is 16.5. The highest BCUT2D eigenvalue weighted by Gasteiger charge is 2.22. The minimum Gasteiger partial charge on any atom is -0.364 e. The maximum atomic E-state index is 12.9. The van der Waals surface area contributed by atoms with Gasteiger partial charge in [-0.25, -0.2) is 4.98 Å². The molecule has 136 valence electrons. The van der Waals surface area contributed by atoms with Gasteiger partial charge in [0.05, 0.1) is 17.1 Å². The predicted molar refractivity (Wildman–Crippen MR) is 103 cm³/mol. The van der Waals surface area contributed by atoms with E-state index in [-0.39, 0.29) is 11.9 Å². The molecule has 27 heavy (non-hydrogen) atoms. The molecule has 6 nitrogen and oxygen atoms in total. The Hall–Kier alpha value is -3.41. The summed E-state index contributed by atoms with van der Waals surface area (Å²) in [6.07, 6.45) is 1.51. The van der Waals surface area contributed by atoms with Crippen molar-refractivity contribution in [1.82, 2.24) is 19.6 Å². The SMILES string of the molecule is Cc1nc2cc(C(=O)N(C)[C@@H](C)c3ccon3)ccc2n1-c1ccccc1. The van der Waals surface area contributed by atoms with Crippen molar-refractivity contribution in [2.75, 3.05) is 7.05 Å².